The Morgan fingerprint density at radius 2 is 1.76 bits per heavy atom. The molecule has 1 fully saturated rings. The zero-order valence-electron chi connectivity index (χ0n) is 19.5. The highest BCUT2D eigenvalue weighted by Crippen LogP contribution is 2.45. The van der Waals surface area contributed by atoms with Crippen LogP contribution in [0.1, 0.15) is 30.0 Å². The number of hydrogen-bond donors (Lipinski definition) is 0. The monoisotopic (exact) mass is 454 g/mol. The lowest BCUT2D eigenvalue weighted by Crippen LogP contribution is -2.19. The zero-order valence-corrected chi connectivity index (χ0v) is 19.5. The number of anilines is 1. The number of methoxy groups -OCH3 is 2. The Hall–Kier alpha value is -4.07. The number of pyridine rings is 1. The van der Waals surface area contributed by atoms with Gasteiger partial charge in [-0.3, -0.25) is 4.98 Å². The molecule has 0 aliphatic heterocycles. The number of benzene rings is 1. The van der Waals surface area contributed by atoms with Crippen molar-refractivity contribution in [3.8, 4) is 34.3 Å². The van der Waals surface area contributed by atoms with Crippen LogP contribution in [0, 0.1) is 0 Å². The zero-order chi connectivity index (χ0) is 23.5. The van der Waals surface area contributed by atoms with E-state index >= 15 is 0 Å². The van der Waals surface area contributed by atoms with Gasteiger partial charge in [0.05, 0.1) is 31.8 Å². The highest BCUT2D eigenvalue weighted by atomic mass is 16.5. The lowest BCUT2D eigenvalue weighted by molar-refractivity contribution is 0.397. The third-order valence-electron chi connectivity index (χ3n) is 5.87. The molecule has 0 amide bonds. The van der Waals surface area contributed by atoms with Crippen molar-refractivity contribution in [2.24, 2.45) is 0 Å². The van der Waals surface area contributed by atoms with Crippen molar-refractivity contribution in [1.29, 1.82) is 0 Å². The van der Waals surface area contributed by atoms with Gasteiger partial charge >= 0.3 is 0 Å². The molecule has 0 atom stereocenters. The molecule has 172 valence electrons. The van der Waals surface area contributed by atoms with E-state index in [2.05, 4.69) is 44.2 Å². The molecule has 1 aliphatic rings. The SMILES string of the molecule is COc1cnc(-c2c(OC)ncnc2C2CC2)nc1N(C)Cc1ccc(-c2ccccn2)cc1. The molecule has 34 heavy (non-hydrogen) atoms. The van der Waals surface area contributed by atoms with Crippen LogP contribution in [0.15, 0.2) is 61.2 Å². The second-order valence-electron chi connectivity index (χ2n) is 8.27. The number of hydrogen-bond acceptors (Lipinski definition) is 8. The van der Waals surface area contributed by atoms with Gasteiger partial charge in [0.2, 0.25) is 5.88 Å². The number of ether oxygens (including phenoxy) is 2. The first-order chi connectivity index (χ1) is 16.7. The molecule has 1 saturated carbocycles. The van der Waals surface area contributed by atoms with E-state index in [4.69, 9.17) is 14.5 Å². The van der Waals surface area contributed by atoms with Crippen LogP contribution in [0.2, 0.25) is 0 Å². The molecule has 5 rings (SSSR count). The van der Waals surface area contributed by atoms with E-state index in [0.717, 1.165) is 40.9 Å². The van der Waals surface area contributed by atoms with Crippen LogP contribution in [-0.2, 0) is 6.54 Å². The number of aromatic nitrogens is 5. The van der Waals surface area contributed by atoms with Crippen molar-refractivity contribution in [1.82, 2.24) is 24.9 Å². The van der Waals surface area contributed by atoms with E-state index < -0.39 is 0 Å². The van der Waals surface area contributed by atoms with Crippen molar-refractivity contribution >= 4 is 5.82 Å². The fourth-order valence-corrected chi connectivity index (χ4v) is 3.98. The summed E-state index contributed by atoms with van der Waals surface area (Å²) < 4.78 is 11.1. The molecule has 1 aliphatic carbocycles. The summed E-state index contributed by atoms with van der Waals surface area (Å²) in [7, 11) is 5.22. The largest absolute Gasteiger partial charge is 0.491 e. The van der Waals surface area contributed by atoms with Crippen LogP contribution in [-0.4, -0.2) is 46.2 Å². The summed E-state index contributed by atoms with van der Waals surface area (Å²) in [5, 5.41) is 0. The van der Waals surface area contributed by atoms with E-state index in [1.807, 2.05) is 30.1 Å². The van der Waals surface area contributed by atoms with Gasteiger partial charge in [-0.05, 0) is 30.5 Å². The lowest BCUT2D eigenvalue weighted by atomic mass is 10.1. The molecule has 0 spiro atoms. The van der Waals surface area contributed by atoms with E-state index in [1.54, 1.807) is 32.9 Å². The molecule has 0 unspecified atom stereocenters. The first-order valence-corrected chi connectivity index (χ1v) is 11.2. The third kappa shape index (κ3) is 4.39. The molecule has 0 N–H and O–H groups in total. The molecule has 8 nitrogen and oxygen atoms in total. The first-order valence-electron chi connectivity index (χ1n) is 11.2. The predicted octanol–water partition coefficient (Wildman–Crippen LogP) is 4.53. The van der Waals surface area contributed by atoms with Crippen LogP contribution in [0.25, 0.3) is 22.6 Å². The molecule has 0 bridgehead atoms. The summed E-state index contributed by atoms with van der Waals surface area (Å²) in [6, 6.07) is 14.3. The Morgan fingerprint density at radius 1 is 0.941 bits per heavy atom. The van der Waals surface area contributed by atoms with Crippen molar-refractivity contribution in [2.45, 2.75) is 25.3 Å². The van der Waals surface area contributed by atoms with Gasteiger partial charge in [-0.2, -0.15) is 0 Å². The first kappa shape index (κ1) is 21.8. The van der Waals surface area contributed by atoms with Gasteiger partial charge in [0.1, 0.15) is 11.9 Å². The normalized spacial score (nSPS) is 12.9. The molecule has 0 radical (unpaired) electrons. The average molecular weight is 455 g/mol. The minimum absolute atomic E-state index is 0.399. The van der Waals surface area contributed by atoms with Crippen molar-refractivity contribution in [3.63, 3.8) is 0 Å². The number of nitrogens with zero attached hydrogens (tertiary/aromatic N) is 6. The topological polar surface area (TPSA) is 86.2 Å². The van der Waals surface area contributed by atoms with Crippen LogP contribution < -0.4 is 14.4 Å². The maximum atomic E-state index is 5.58. The lowest BCUT2D eigenvalue weighted by Gasteiger charge is -2.21. The maximum Gasteiger partial charge on any atom is 0.227 e. The van der Waals surface area contributed by atoms with Gasteiger partial charge in [-0.25, -0.2) is 19.9 Å². The molecule has 3 heterocycles. The molecule has 8 heteroatoms. The fraction of sp³-hybridized carbons (Fsp3) is 0.269. The van der Waals surface area contributed by atoms with Crippen molar-refractivity contribution in [3.05, 3.63) is 72.4 Å². The molecular formula is C26H26N6O2. The fourth-order valence-electron chi connectivity index (χ4n) is 3.98. The van der Waals surface area contributed by atoms with E-state index in [9.17, 15) is 0 Å². The van der Waals surface area contributed by atoms with Crippen molar-refractivity contribution < 1.29 is 9.47 Å². The van der Waals surface area contributed by atoms with Crippen LogP contribution in [0.3, 0.4) is 0 Å². The van der Waals surface area contributed by atoms with E-state index in [0.29, 0.717) is 35.7 Å². The Labute approximate surface area is 198 Å². The second-order valence-corrected chi connectivity index (χ2v) is 8.27. The van der Waals surface area contributed by atoms with Crippen molar-refractivity contribution in [2.75, 3.05) is 26.2 Å². The number of rotatable bonds is 8. The second kappa shape index (κ2) is 9.43. The minimum atomic E-state index is 0.399. The van der Waals surface area contributed by atoms with E-state index in [1.165, 1.54) is 0 Å². The Balaban J connectivity index is 1.45. The standard InChI is InChI=1S/C26H26N6O2/c1-32(15-17-7-9-18(10-8-17)20-6-4-5-13-27-20)25-21(33-2)14-28-24(31-25)22-23(19-11-12-19)29-16-30-26(22)34-3/h4-10,13-14,16,19H,11-12,15H2,1-3H3. The smallest absolute Gasteiger partial charge is 0.227 e. The molecule has 1 aromatic carbocycles. The Morgan fingerprint density at radius 3 is 2.44 bits per heavy atom. The molecule has 0 saturated heterocycles. The Bertz CT molecular complexity index is 1280. The maximum absolute atomic E-state index is 5.58. The van der Waals surface area contributed by atoms with Gasteiger partial charge in [-0.15, -0.1) is 0 Å². The summed E-state index contributed by atoms with van der Waals surface area (Å²) >= 11 is 0. The summed E-state index contributed by atoms with van der Waals surface area (Å²) in [4.78, 5) is 24.7. The summed E-state index contributed by atoms with van der Waals surface area (Å²) in [5.41, 5.74) is 4.87. The van der Waals surface area contributed by atoms with Gasteiger partial charge in [-0.1, -0.05) is 30.3 Å². The highest BCUT2D eigenvalue weighted by Gasteiger charge is 2.31. The molecule has 3 aromatic heterocycles. The van der Waals surface area contributed by atoms with Crippen LogP contribution in [0.4, 0.5) is 5.82 Å². The van der Waals surface area contributed by atoms with Gasteiger partial charge in [0, 0.05) is 31.3 Å². The van der Waals surface area contributed by atoms with Crippen LogP contribution >= 0.6 is 0 Å². The van der Waals surface area contributed by atoms with Gasteiger partial charge < -0.3 is 14.4 Å². The van der Waals surface area contributed by atoms with E-state index in [-0.39, 0.29) is 0 Å². The summed E-state index contributed by atoms with van der Waals surface area (Å²) in [6.45, 7) is 0.646. The highest BCUT2D eigenvalue weighted by molar-refractivity contribution is 5.68. The summed E-state index contributed by atoms with van der Waals surface area (Å²) in [6.07, 6.45) is 7.25. The minimum Gasteiger partial charge on any atom is -0.491 e. The van der Waals surface area contributed by atoms with Gasteiger partial charge in [0.15, 0.2) is 17.4 Å². The summed E-state index contributed by atoms with van der Waals surface area (Å²) in [5.74, 6) is 2.71. The predicted molar refractivity (Wildman–Crippen MR) is 130 cm³/mol. The van der Waals surface area contributed by atoms with Crippen LogP contribution in [0.5, 0.6) is 11.6 Å². The van der Waals surface area contributed by atoms with Gasteiger partial charge in [0.25, 0.3) is 0 Å². The molecular weight excluding hydrogens is 428 g/mol. The average Bonchev–Trinajstić information content (AvgIpc) is 3.74. The third-order valence-corrected chi connectivity index (χ3v) is 5.87. The Kier molecular flexibility index (Phi) is 6.03. The quantitative estimate of drug-likeness (QED) is 0.384. The molecule has 4 aromatic rings.